The van der Waals surface area contributed by atoms with Crippen LogP contribution in [-0.4, -0.2) is 59.1 Å². The fourth-order valence-corrected chi connectivity index (χ4v) is 3.20. The molecular weight excluding hydrogens is 318 g/mol. The number of carbonyl (C=O) groups is 2. The van der Waals surface area contributed by atoms with Crippen LogP contribution in [0.1, 0.15) is 43.9 Å². The molecule has 0 bridgehead atoms. The molecule has 2 amide bonds. The predicted octanol–water partition coefficient (Wildman–Crippen LogP) is 2.63. The van der Waals surface area contributed by atoms with E-state index in [0.717, 1.165) is 18.4 Å². The highest BCUT2D eigenvalue weighted by atomic mass is 16.4. The molecule has 1 aliphatic carbocycles. The number of rotatable bonds is 7. The van der Waals surface area contributed by atoms with E-state index >= 15 is 0 Å². The number of aryl methyl sites for hydroxylation is 1. The van der Waals surface area contributed by atoms with Crippen LogP contribution in [0.4, 0.5) is 4.79 Å². The summed E-state index contributed by atoms with van der Waals surface area (Å²) in [6, 6.07) is 8.47. The first-order valence-corrected chi connectivity index (χ1v) is 8.87. The predicted molar refractivity (Wildman–Crippen MR) is 97.6 cm³/mol. The lowest BCUT2D eigenvalue weighted by atomic mass is 9.85. The Kier molecular flexibility index (Phi) is 6.42. The van der Waals surface area contributed by atoms with Crippen LogP contribution in [0.5, 0.6) is 0 Å². The van der Waals surface area contributed by atoms with Crippen molar-refractivity contribution in [2.45, 2.75) is 51.7 Å². The third-order valence-electron chi connectivity index (χ3n) is 5.16. The van der Waals surface area contributed by atoms with Gasteiger partial charge in [-0.3, -0.25) is 9.69 Å². The molecule has 1 atom stereocenters. The smallest absolute Gasteiger partial charge is 0.317 e. The van der Waals surface area contributed by atoms with E-state index in [1.54, 1.807) is 11.9 Å². The Balaban J connectivity index is 1.82. The number of amides is 2. The number of hydrogen-bond donors (Lipinski definition) is 2. The van der Waals surface area contributed by atoms with Gasteiger partial charge in [0, 0.05) is 19.1 Å². The molecule has 1 aromatic rings. The van der Waals surface area contributed by atoms with Crippen LogP contribution in [0.3, 0.4) is 0 Å². The van der Waals surface area contributed by atoms with E-state index in [1.807, 2.05) is 37.8 Å². The van der Waals surface area contributed by atoms with Crippen LogP contribution in [0.2, 0.25) is 0 Å². The number of carbonyl (C=O) groups excluding carboxylic acids is 1. The molecule has 25 heavy (non-hydrogen) atoms. The molecule has 2 N–H and O–H groups in total. The van der Waals surface area contributed by atoms with Crippen LogP contribution >= 0.6 is 0 Å². The van der Waals surface area contributed by atoms with Gasteiger partial charge in [-0.05, 0) is 38.8 Å². The number of likely N-dealkylation sites (N-methyl/N-ethyl adjacent to an activating group) is 1. The summed E-state index contributed by atoms with van der Waals surface area (Å²) in [7, 11) is 1.80. The molecule has 0 saturated heterocycles. The van der Waals surface area contributed by atoms with Gasteiger partial charge in [-0.2, -0.15) is 0 Å². The number of urea groups is 1. The molecule has 0 aromatic heterocycles. The van der Waals surface area contributed by atoms with E-state index in [-0.39, 0.29) is 30.7 Å². The Hall–Kier alpha value is -2.08. The first-order chi connectivity index (χ1) is 11.8. The summed E-state index contributed by atoms with van der Waals surface area (Å²) in [5.74, 6) is -0.805. The molecule has 6 nitrogen and oxygen atoms in total. The molecule has 0 aliphatic heterocycles. The summed E-state index contributed by atoms with van der Waals surface area (Å²) in [5, 5.41) is 12.0. The summed E-state index contributed by atoms with van der Waals surface area (Å²) >= 11 is 0. The largest absolute Gasteiger partial charge is 0.480 e. The molecule has 0 radical (unpaired) electrons. The molecule has 0 heterocycles. The van der Waals surface area contributed by atoms with Crippen molar-refractivity contribution in [3.63, 3.8) is 0 Å². The number of carboxylic acids is 1. The standard InChI is InChI=1S/C19H29N3O3/c1-5-22(12-18(23)24)17-10-16(11-17)20-19(25)21(4)14(3)15-8-6-13(2)7-9-15/h6-9,14,16-17H,5,10-12H2,1-4H3,(H,20,25)(H,23,24). The Morgan fingerprint density at radius 3 is 2.40 bits per heavy atom. The first kappa shape index (κ1) is 19.2. The quantitative estimate of drug-likeness (QED) is 0.795. The van der Waals surface area contributed by atoms with Crippen LogP contribution in [0, 0.1) is 6.92 Å². The minimum Gasteiger partial charge on any atom is -0.480 e. The van der Waals surface area contributed by atoms with E-state index in [1.165, 1.54) is 5.56 Å². The average molecular weight is 347 g/mol. The maximum Gasteiger partial charge on any atom is 0.317 e. The lowest BCUT2D eigenvalue weighted by molar-refractivity contribution is -0.139. The van der Waals surface area contributed by atoms with Crippen LogP contribution in [0.25, 0.3) is 0 Å². The molecule has 1 fully saturated rings. The highest BCUT2D eigenvalue weighted by Gasteiger charge is 2.35. The van der Waals surface area contributed by atoms with Gasteiger partial charge >= 0.3 is 12.0 Å². The zero-order valence-electron chi connectivity index (χ0n) is 15.5. The number of carboxylic acid groups (broad SMARTS) is 1. The van der Waals surface area contributed by atoms with E-state index in [4.69, 9.17) is 5.11 Å². The van der Waals surface area contributed by atoms with Crippen molar-refractivity contribution in [2.75, 3.05) is 20.1 Å². The summed E-state index contributed by atoms with van der Waals surface area (Å²) in [4.78, 5) is 27.0. The zero-order chi connectivity index (χ0) is 18.6. The Morgan fingerprint density at radius 1 is 1.28 bits per heavy atom. The van der Waals surface area contributed by atoms with E-state index in [9.17, 15) is 9.59 Å². The number of benzene rings is 1. The second-order valence-electron chi connectivity index (χ2n) is 6.93. The lowest BCUT2D eigenvalue weighted by Crippen LogP contribution is -2.56. The van der Waals surface area contributed by atoms with Gasteiger partial charge in [0.05, 0.1) is 12.6 Å². The molecule has 0 spiro atoms. The SMILES string of the molecule is CCN(CC(=O)O)C1CC(NC(=O)N(C)C(C)c2ccc(C)cc2)C1. The highest BCUT2D eigenvalue weighted by Crippen LogP contribution is 2.26. The maximum atomic E-state index is 12.5. The van der Waals surface area contributed by atoms with Gasteiger partial charge < -0.3 is 15.3 Å². The monoisotopic (exact) mass is 347 g/mol. The molecule has 1 unspecified atom stereocenters. The summed E-state index contributed by atoms with van der Waals surface area (Å²) in [6.45, 7) is 6.79. The van der Waals surface area contributed by atoms with Gasteiger partial charge in [0.15, 0.2) is 0 Å². The second kappa shape index (κ2) is 8.34. The van der Waals surface area contributed by atoms with E-state index < -0.39 is 5.97 Å². The van der Waals surface area contributed by atoms with E-state index in [2.05, 4.69) is 17.4 Å². The Bertz CT molecular complexity index is 596. The van der Waals surface area contributed by atoms with Gasteiger partial charge in [0.25, 0.3) is 0 Å². The summed E-state index contributed by atoms with van der Waals surface area (Å²) in [5.41, 5.74) is 2.30. The summed E-state index contributed by atoms with van der Waals surface area (Å²) < 4.78 is 0. The fourth-order valence-electron chi connectivity index (χ4n) is 3.20. The molecule has 138 valence electrons. The normalized spacial score (nSPS) is 20.7. The topological polar surface area (TPSA) is 72.9 Å². The molecular formula is C19H29N3O3. The van der Waals surface area contributed by atoms with Crippen molar-refractivity contribution in [3.05, 3.63) is 35.4 Å². The minimum absolute atomic E-state index is 0.00405. The third-order valence-corrected chi connectivity index (χ3v) is 5.16. The maximum absolute atomic E-state index is 12.5. The lowest BCUT2D eigenvalue weighted by Gasteiger charge is -2.43. The molecule has 1 aromatic carbocycles. The van der Waals surface area contributed by atoms with Crippen molar-refractivity contribution in [1.82, 2.24) is 15.1 Å². The van der Waals surface area contributed by atoms with Crippen LogP contribution < -0.4 is 5.32 Å². The Morgan fingerprint density at radius 2 is 1.88 bits per heavy atom. The molecule has 1 saturated carbocycles. The number of aliphatic carboxylic acids is 1. The highest BCUT2D eigenvalue weighted by molar-refractivity contribution is 5.75. The third kappa shape index (κ3) is 4.95. The van der Waals surface area contributed by atoms with Crippen LogP contribution in [0.15, 0.2) is 24.3 Å². The Labute approximate surface area is 149 Å². The van der Waals surface area contributed by atoms with E-state index in [0.29, 0.717) is 6.54 Å². The average Bonchev–Trinajstić information content (AvgIpc) is 2.54. The van der Waals surface area contributed by atoms with Crippen molar-refractivity contribution >= 4 is 12.0 Å². The van der Waals surface area contributed by atoms with Crippen molar-refractivity contribution in [1.29, 1.82) is 0 Å². The van der Waals surface area contributed by atoms with Crippen molar-refractivity contribution in [2.24, 2.45) is 0 Å². The van der Waals surface area contributed by atoms with Gasteiger partial charge in [0.2, 0.25) is 0 Å². The van der Waals surface area contributed by atoms with Gasteiger partial charge in [-0.1, -0.05) is 36.8 Å². The van der Waals surface area contributed by atoms with Crippen molar-refractivity contribution in [3.8, 4) is 0 Å². The molecule has 2 rings (SSSR count). The first-order valence-electron chi connectivity index (χ1n) is 8.87. The minimum atomic E-state index is -0.805. The fraction of sp³-hybridized carbons (Fsp3) is 0.579. The zero-order valence-corrected chi connectivity index (χ0v) is 15.5. The molecule has 1 aliphatic rings. The number of nitrogens with one attached hydrogen (secondary N) is 1. The molecule has 6 heteroatoms. The van der Waals surface area contributed by atoms with Crippen molar-refractivity contribution < 1.29 is 14.7 Å². The van der Waals surface area contributed by atoms with Gasteiger partial charge in [-0.15, -0.1) is 0 Å². The second-order valence-corrected chi connectivity index (χ2v) is 6.93. The number of nitrogens with zero attached hydrogens (tertiary/aromatic N) is 2. The number of hydrogen-bond acceptors (Lipinski definition) is 3. The summed E-state index contributed by atoms with van der Waals surface area (Å²) in [6.07, 6.45) is 1.61. The van der Waals surface area contributed by atoms with Gasteiger partial charge in [0.1, 0.15) is 0 Å². The van der Waals surface area contributed by atoms with Gasteiger partial charge in [-0.25, -0.2) is 4.79 Å². The van der Waals surface area contributed by atoms with Crippen LogP contribution in [-0.2, 0) is 4.79 Å².